The molecule has 0 spiro atoms. The van der Waals surface area contributed by atoms with Gasteiger partial charge in [-0.25, -0.2) is 8.42 Å². The molecule has 0 amide bonds. The molecule has 114 valence electrons. The van der Waals surface area contributed by atoms with Crippen molar-refractivity contribution in [2.24, 2.45) is 0 Å². The highest BCUT2D eigenvalue weighted by Gasteiger charge is 2.16. The lowest BCUT2D eigenvalue weighted by Gasteiger charge is -2.24. The van der Waals surface area contributed by atoms with Crippen molar-refractivity contribution in [3.63, 3.8) is 0 Å². The van der Waals surface area contributed by atoms with Gasteiger partial charge in [-0.15, -0.1) is 0 Å². The Morgan fingerprint density at radius 3 is 2.53 bits per heavy atom. The molecule has 0 radical (unpaired) electrons. The van der Waals surface area contributed by atoms with E-state index in [0.717, 1.165) is 30.4 Å². The SMILES string of the molecule is CCNC(CCCS(C)(=O)=O)CSC1CCCCC1. The van der Waals surface area contributed by atoms with E-state index in [2.05, 4.69) is 24.0 Å². The summed E-state index contributed by atoms with van der Waals surface area (Å²) in [7, 11) is -2.80. The fourth-order valence-electron chi connectivity index (χ4n) is 2.61. The van der Waals surface area contributed by atoms with Crippen LogP contribution in [-0.2, 0) is 9.84 Å². The minimum Gasteiger partial charge on any atom is -0.313 e. The van der Waals surface area contributed by atoms with Gasteiger partial charge in [-0.2, -0.15) is 11.8 Å². The maximum absolute atomic E-state index is 11.2. The predicted molar refractivity (Wildman–Crippen MR) is 85.7 cm³/mol. The molecule has 1 atom stereocenters. The quantitative estimate of drug-likeness (QED) is 0.711. The van der Waals surface area contributed by atoms with Gasteiger partial charge in [0.15, 0.2) is 0 Å². The summed E-state index contributed by atoms with van der Waals surface area (Å²) in [5, 5.41) is 4.33. The highest BCUT2D eigenvalue weighted by molar-refractivity contribution is 7.99. The van der Waals surface area contributed by atoms with Crippen molar-refractivity contribution in [3.8, 4) is 0 Å². The first-order valence-corrected chi connectivity index (χ1v) is 10.6. The van der Waals surface area contributed by atoms with Crippen LogP contribution in [0.4, 0.5) is 0 Å². The van der Waals surface area contributed by atoms with Crippen molar-refractivity contribution in [3.05, 3.63) is 0 Å². The van der Waals surface area contributed by atoms with Gasteiger partial charge in [-0.05, 0) is 32.2 Å². The van der Waals surface area contributed by atoms with E-state index < -0.39 is 9.84 Å². The first-order valence-electron chi connectivity index (χ1n) is 7.54. The summed E-state index contributed by atoms with van der Waals surface area (Å²) in [6.45, 7) is 3.09. The maximum atomic E-state index is 11.2. The summed E-state index contributed by atoms with van der Waals surface area (Å²) in [5.41, 5.74) is 0. The van der Waals surface area contributed by atoms with Crippen LogP contribution in [0.2, 0.25) is 0 Å². The molecule has 1 unspecified atom stereocenters. The first-order chi connectivity index (χ1) is 9.01. The molecular formula is C14H29NO2S2. The summed E-state index contributed by atoms with van der Waals surface area (Å²) >= 11 is 2.09. The van der Waals surface area contributed by atoms with Gasteiger partial charge in [0.25, 0.3) is 0 Å². The molecule has 1 N–H and O–H groups in total. The second kappa shape index (κ2) is 9.24. The van der Waals surface area contributed by atoms with Crippen molar-refractivity contribution in [1.29, 1.82) is 0 Å². The van der Waals surface area contributed by atoms with Crippen LogP contribution in [0.5, 0.6) is 0 Å². The molecule has 0 aromatic rings. The molecule has 0 bridgehead atoms. The molecule has 5 heteroatoms. The molecule has 1 aliphatic carbocycles. The zero-order valence-electron chi connectivity index (χ0n) is 12.4. The zero-order chi connectivity index (χ0) is 14.1. The van der Waals surface area contributed by atoms with E-state index in [4.69, 9.17) is 0 Å². The smallest absolute Gasteiger partial charge is 0.147 e. The van der Waals surface area contributed by atoms with Crippen LogP contribution in [-0.4, -0.2) is 44.0 Å². The van der Waals surface area contributed by atoms with Crippen molar-refractivity contribution in [2.75, 3.05) is 24.3 Å². The zero-order valence-corrected chi connectivity index (χ0v) is 14.0. The van der Waals surface area contributed by atoms with E-state index >= 15 is 0 Å². The summed E-state index contributed by atoms with van der Waals surface area (Å²) in [6.07, 6.45) is 9.99. The second-order valence-electron chi connectivity index (χ2n) is 5.62. The maximum Gasteiger partial charge on any atom is 0.147 e. The Balaban J connectivity index is 2.22. The average Bonchev–Trinajstić information content (AvgIpc) is 2.36. The van der Waals surface area contributed by atoms with Gasteiger partial charge in [-0.1, -0.05) is 26.2 Å². The van der Waals surface area contributed by atoms with E-state index in [0.29, 0.717) is 11.8 Å². The highest BCUT2D eigenvalue weighted by atomic mass is 32.2. The molecule has 1 aliphatic rings. The van der Waals surface area contributed by atoms with Gasteiger partial charge in [0.1, 0.15) is 9.84 Å². The third kappa shape index (κ3) is 8.92. The van der Waals surface area contributed by atoms with Gasteiger partial charge in [0.2, 0.25) is 0 Å². The molecule has 19 heavy (non-hydrogen) atoms. The monoisotopic (exact) mass is 307 g/mol. The van der Waals surface area contributed by atoms with E-state index in [1.807, 2.05) is 0 Å². The molecule has 1 fully saturated rings. The molecular weight excluding hydrogens is 278 g/mol. The average molecular weight is 308 g/mol. The summed E-state index contributed by atoms with van der Waals surface area (Å²) < 4.78 is 22.3. The molecule has 0 aliphatic heterocycles. The van der Waals surface area contributed by atoms with Crippen molar-refractivity contribution >= 4 is 21.6 Å². The Morgan fingerprint density at radius 2 is 1.95 bits per heavy atom. The van der Waals surface area contributed by atoms with E-state index in [1.165, 1.54) is 38.4 Å². The number of sulfone groups is 1. The Labute approximate surface area is 123 Å². The van der Waals surface area contributed by atoms with Crippen LogP contribution in [0.3, 0.4) is 0 Å². The van der Waals surface area contributed by atoms with Crippen molar-refractivity contribution in [1.82, 2.24) is 5.32 Å². The first kappa shape index (κ1) is 17.3. The number of nitrogens with one attached hydrogen (secondary N) is 1. The molecule has 1 saturated carbocycles. The normalized spacial score (nSPS) is 19.5. The summed E-state index contributed by atoms with van der Waals surface area (Å²) in [5.74, 6) is 1.45. The standard InChI is InChI=1S/C14H29NO2S2/c1-3-15-13(8-7-11-19(2,16)17)12-18-14-9-5-4-6-10-14/h13-15H,3-12H2,1-2H3. The van der Waals surface area contributed by atoms with Gasteiger partial charge >= 0.3 is 0 Å². The Morgan fingerprint density at radius 1 is 1.26 bits per heavy atom. The fourth-order valence-corrected chi connectivity index (χ4v) is 4.76. The number of hydrogen-bond acceptors (Lipinski definition) is 4. The largest absolute Gasteiger partial charge is 0.313 e. The van der Waals surface area contributed by atoms with Gasteiger partial charge in [0.05, 0.1) is 0 Å². The van der Waals surface area contributed by atoms with E-state index in [9.17, 15) is 8.42 Å². The molecule has 3 nitrogen and oxygen atoms in total. The lowest BCUT2D eigenvalue weighted by molar-refractivity contribution is 0.507. The Kier molecular flexibility index (Phi) is 8.42. The van der Waals surface area contributed by atoms with Crippen LogP contribution in [0.25, 0.3) is 0 Å². The minimum absolute atomic E-state index is 0.322. The number of hydrogen-bond donors (Lipinski definition) is 1. The van der Waals surface area contributed by atoms with E-state index in [-0.39, 0.29) is 0 Å². The molecule has 0 aromatic carbocycles. The second-order valence-corrected chi connectivity index (χ2v) is 9.21. The van der Waals surface area contributed by atoms with Gasteiger partial charge in [-0.3, -0.25) is 0 Å². The number of rotatable bonds is 9. The number of thioether (sulfide) groups is 1. The predicted octanol–water partition coefficient (Wildman–Crippen LogP) is 2.86. The minimum atomic E-state index is -2.80. The van der Waals surface area contributed by atoms with Crippen LogP contribution < -0.4 is 5.32 Å². The van der Waals surface area contributed by atoms with Gasteiger partial charge in [0, 0.05) is 29.1 Å². The van der Waals surface area contributed by atoms with Crippen molar-refractivity contribution in [2.45, 2.75) is 63.2 Å². The van der Waals surface area contributed by atoms with Crippen LogP contribution in [0.15, 0.2) is 0 Å². The van der Waals surface area contributed by atoms with Gasteiger partial charge < -0.3 is 5.32 Å². The third-order valence-corrected chi connectivity index (χ3v) is 6.21. The van der Waals surface area contributed by atoms with Crippen LogP contribution in [0, 0.1) is 0 Å². The summed E-state index contributed by atoms with van der Waals surface area (Å²) in [4.78, 5) is 0. The topological polar surface area (TPSA) is 46.2 Å². The highest BCUT2D eigenvalue weighted by Crippen LogP contribution is 2.28. The lowest BCUT2D eigenvalue weighted by atomic mass is 10.0. The fraction of sp³-hybridized carbons (Fsp3) is 1.00. The lowest BCUT2D eigenvalue weighted by Crippen LogP contribution is -2.32. The third-order valence-electron chi connectivity index (χ3n) is 3.65. The summed E-state index contributed by atoms with van der Waals surface area (Å²) in [6, 6.07) is 0.471. The Hall–Kier alpha value is 0.260. The molecule has 1 rings (SSSR count). The van der Waals surface area contributed by atoms with Crippen LogP contribution >= 0.6 is 11.8 Å². The molecule has 0 saturated heterocycles. The van der Waals surface area contributed by atoms with E-state index in [1.54, 1.807) is 0 Å². The van der Waals surface area contributed by atoms with Crippen LogP contribution in [0.1, 0.15) is 51.9 Å². The molecule has 0 heterocycles. The van der Waals surface area contributed by atoms with Crippen molar-refractivity contribution < 1.29 is 8.42 Å². The molecule has 0 aromatic heterocycles. The Bertz CT molecular complexity index is 324.